The van der Waals surface area contributed by atoms with Crippen LogP contribution in [0.3, 0.4) is 0 Å². The molecule has 288 valence electrons. The number of hydrogen-bond acceptors (Lipinski definition) is 3. The standard InChI is InChI=1S/C59H37N3/c1-3-13-38(14-4-1)39-23-25-42(26-24-39)57-60-58(62-59(61-57)54-34-33-49(40-15-5-2-6-16-40)51-21-11-12-22-52(51)54)47-30-28-43-35-46(29-27-44(43)36-47)56-50-20-10-8-18-45(50)37-55-48-19-9-7-17-41(48)31-32-53(55)56/h1-37H. The summed E-state index contributed by atoms with van der Waals surface area (Å²) >= 11 is 0. The summed E-state index contributed by atoms with van der Waals surface area (Å²) in [5.41, 5.74) is 9.94. The minimum atomic E-state index is 0.631. The summed E-state index contributed by atoms with van der Waals surface area (Å²) in [6, 6.07) is 80.1. The third-order valence-corrected chi connectivity index (χ3v) is 12.3. The fourth-order valence-corrected chi connectivity index (χ4v) is 9.23. The van der Waals surface area contributed by atoms with Crippen molar-refractivity contribution in [2.24, 2.45) is 0 Å². The van der Waals surface area contributed by atoms with E-state index in [4.69, 9.17) is 15.0 Å². The third-order valence-electron chi connectivity index (χ3n) is 12.3. The van der Waals surface area contributed by atoms with Gasteiger partial charge in [-0.15, -0.1) is 0 Å². The van der Waals surface area contributed by atoms with Gasteiger partial charge in [0.05, 0.1) is 0 Å². The number of nitrogens with zero attached hydrogens (tertiary/aromatic N) is 3. The van der Waals surface area contributed by atoms with E-state index >= 15 is 0 Å². The van der Waals surface area contributed by atoms with E-state index in [1.54, 1.807) is 0 Å². The Morgan fingerprint density at radius 2 is 0.694 bits per heavy atom. The molecule has 12 aromatic rings. The molecule has 0 aliphatic carbocycles. The first-order valence-electron chi connectivity index (χ1n) is 21.1. The van der Waals surface area contributed by atoms with Crippen molar-refractivity contribution in [2.45, 2.75) is 0 Å². The Hall–Kier alpha value is -8.27. The molecule has 3 heteroatoms. The Kier molecular flexibility index (Phi) is 8.50. The normalized spacial score (nSPS) is 11.5. The Labute approximate surface area is 359 Å². The molecule has 3 nitrogen and oxygen atoms in total. The fraction of sp³-hybridized carbons (Fsp3) is 0. The van der Waals surface area contributed by atoms with E-state index < -0.39 is 0 Å². The van der Waals surface area contributed by atoms with Crippen molar-refractivity contribution in [3.05, 3.63) is 224 Å². The SMILES string of the molecule is c1ccc(-c2ccc(-c3nc(-c4ccc5cc(-c6c7ccccc7cc7c6ccc6ccccc67)ccc5c4)nc(-c4ccc(-c5ccccc5)c5ccccc45)n3)cc2)cc1. The molecule has 0 saturated heterocycles. The van der Waals surface area contributed by atoms with Gasteiger partial charge >= 0.3 is 0 Å². The molecule has 0 N–H and O–H groups in total. The zero-order valence-corrected chi connectivity index (χ0v) is 33.7. The van der Waals surface area contributed by atoms with Gasteiger partial charge in [-0.1, -0.05) is 200 Å². The van der Waals surface area contributed by atoms with Crippen molar-refractivity contribution in [3.8, 4) is 67.5 Å². The molecule has 0 radical (unpaired) electrons. The first-order valence-corrected chi connectivity index (χ1v) is 21.1. The summed E-state index contributed by atoms with van der Waals surface area (Å²) in [7, 11) is 0. The zero-order valence-electron chi connectivity index (χ0n) is 33.7. The summed E-state index contributed by atoms with van der Waals surface area (Å²) < 4.78 is 0. The Morgan fingerprint density at radius 1 is 0.210 bits per heavy atom. The van der Waals surface area contributed by atoms with Crippen LogP contribution in [-0.4, -0.2) is 15.0 Å². The van der Waals surface area contributed by atoms with Crippen LogP contribution >= 0.6 is 0 Å². The second kappa shape index (κ2) is 14.8. The molecular formula is C59H37N3. The fourth-order valence-electron chi connectivity index (χ4n) is 9.23. The van der Waals surface area contributed by atoms with Crippen molar-refractivity contribution in [3.63, 3.8) is 0 Å². The lowest BCUT2D eigenvalue weighted by atomic mass is 9.89. The maximum atomic E-state index is 5.26. The first kappa shape index (κ1) is 35.7. The molecule has 0 unspecified atom stereocenters. The topological polar surface area (TPSA) is 38.7 Å². The van der Waals surface area contributed by atoms with Crippen molar-refractivity contribution in [1.82, 2.24) is 15.0 Å². The van der Waals surface area contributed by atoms with Crippen molar-refractivity contribution < 1.29 is 0 Å². The molecule has 62 heavy (non-hydrogen) atoms. The van der Waals surface area contributed by atoms with E-state index in [-0.39, 0.29) is 0 Å². The number of rotatable bonds is 6. The minimum Gasteiger partial charge on any atom is -0.208 e. The van der Waals surface area contributed by atoms with Gasteiger partial charge in [-0.3, -0.25) is 0 Å². The molecular weight excluding hydrogens is 751 g/mol. The summed E-state index contributed by atoms with van der Waals surface area (Å²) in [5.74, 6) is 1.90. The van der Waals surface area contributed by atoms with Gasteiger partial charge in [-0.05, 0) is 112 Å². The van der Waals surface area contributed by atoms with Gasteiger partial charge in [-0.2, -0.15) is 0 Å². The molecule has 0 aliphatic rings. The molecule has 12 rings (SSSR count). The molecule has 0 saturated carbocycles. The summed E-state index contributed by atoms with van der Waals surface area (Å²) in [6.45, 7) is 0. The van der Waals surface area contributed by atoms with Crippen molar-refractivity contribution in [2.75, 3.05) is 0 Å². The summed E-state index contributed by atoms with van der Waals surface area (Å²) in [6.07, 6.45) is 0. The second-order valence-electron chi connectivity index (χ2n) is 16.0. The monoisotopic (exact) mass is 787 g/mol. The van der Waals surface area contributed by atoms with E-state index in [1.165, 1.54) is 60.1 Å². The Balaban J connectivity index is 1.01. The highest BCUT2D eigenvalue weighted by Crippen LogP contribution is 2.41. The maximum absolute atomic E-state index is 5.26. The lowest BCUT2D eigenvalue weighted by Crippen LogP contribution is -2.01. The summed E-state index contributed by atoms with van der Waals surface area (Å²) in [5, 5.41) is 12.0. The van der Waals surface area contributed by atoms with Crippen LogP contribution in [0.2, 0.25) is 0 Å². The molecule has 0 atom stereocenters. The maximum Gasteiger partial charge on any atom is 0.164 e. The van der Waals surface area contributed by atoms with Gasteiger partial charge in [0.15, 0.2) is 17.5 Å². The van der Waals surface area contributed by atoms with Crippen LogP contribution in [0.1, 0.15) is 0 Å². The number of hydrogen-bond donors (Lipinski definition) is 0. The molecule has 0 bridgehead atoms. The second-order valence-corrected chi connectivity index (χ2v) is 16.0. The smallest absolute Gasteiger partial charge is 0.164 e. The lowest BCUT2D eigenvalue weighted by Gasteiger charge is -2.15. The van der Waals surface area contributed by atoms with E-state index in [0.717, 1.165) is 43.8 Å². The third kappa shape index (κ3) is 6.18. The minimum absolute atomic E-state index is 0.631. The number of aromatic nitrogens is 3. The largest absolute Gasteiger partial charge is 0.208 e. The molecule has 0 aliphatic heterocycles. The lowest BCUT2D eigenvalue weighted by molar-refractivity contribution is 1.08. The van der Waals surface area contributed by atoms with Crippen LogP contribution < -0.4 is 0 Å². The Morgan fingerprint density at radius 3 is 1.44 bits per heavy atom. The van der Waals surface area contributed by atoms with Crippen molar-refractivity contribution in [1.29, 1.82) is 0 Å². The molecule has 0 spiro atoms. The molecule has 1 aromatic heterocycles. The highest BCUT2D eigenvalue weighted by Gasteiger charge is 2.18. The summed E-state index contributed by atoms with van der Waals surface area (Å²) in [4.78, 5) is 15.7. The Bertz CT molecular complexity index is 3670. The number of benzene rings is 11. The predicted octanol–water partition coefficient (Wildman–Crippen LogP) is 15.6. The average molecular weight is 788 g/mol. The van der Waals surface area contributed by atoms with Crippen LogP contribution in [0.4, 0.5) is 0 Å². The highest BCUT2D eigenvalue weighted by atomic mass is 15.0. The van der Waals surface area contributed by atoms with Gasteiger partial charge < -0.3 is 0 Å². The van der Waals surface area contributed by atoms with E-state index in [9.17, 15) is 0 Å². The number of fused-ring (bicyclic) bond motifs is 6. The van der Waals surface area contributed by atoms with Gasteiger partial charge in [-0.25, -0.2) is 15.0 Å². The van der Waals surface area contributed by atoms with Crippen molar-refractivity contribution >= 4 is 53.9 Å². The van der Waals surface area contributed by atoms with E-state index in [0.29, 0.717) is 17.5 Å². The predicted molar refractivity (Wildman–Crippen MR) is 260 cm³/mol. The zero-order chi connectivity index (χ0) is 41.0. The highest BCUT2D eigenvalue weighted by molar-refractivity contribution is 6.20. The average Bonchev–Trinajstić information content (AvgIpc) is 3.35. The van der Waals surface area contributed by atoms with Crippen LogP contribution in [-0.2, 0) is 0 Å². The van der Waals surface area contributed by atoms with Gasteiger partial charge in [0.25, 0.3) is 0 Å². The van der Waals surface area contributed by atoms with Crippen LogP contribution in [0.5, 0.6) is 0 Å². The molecule has 0 amide bonds. The van der Waals surface area contributed by atoms with Gasteiger partial charge in [0.2, 0.25) is 0 Å². The van der Waals surface area contributed by atoms with Gasteiger partial charge in [0, 0.05) is 16.7 Å². The quantitative estimate of drug-likeness (QED) is 0.124. The van der Waals surface area contributed by atoms with Gasteiger partial charge in [0.1, 0.15) is 0 Å². The molecule has 1 heterocycles. The first-order chi connectivity index (χ1) is 30.7. The van der Waals surface area contributed by atoms with E-state index in [1.807, 2.05) is 6.07 Å². The van der Waals surface area contributed by atoms with E-state index in [2.05, 4.69) is 218 Å². The van der Waals surface area contributed by atoms with Crippen LogP contribution in [0, 0.1) is 0 Å². The van der Waals surface area contributed by atoms with Crippen LogP contribution in [0.25, 0.3) is 121 Å². The van der Waals surface area contributed by atoms with Crippen LogP contribution in [0.15, 0.2) is 224 Å². The molecule has 0 fully saturated rings. The molecule has 11 aromatic carbocycles.